The number of hydrogen-bond donors (Lipinski definition) is 3. The molecule has 0 aromatic heterocycles. The zero-order chi connectivity index (χ0) is 25.8. The van der Waals surface area contributed by atoms with E-state index in [4.69, 9.17) is 0 Å². The van der Waals surface area contributed by atoms with Crippen LogP contribution in [0.4, 0.5) is 11.4 Å². The molecule has 0 unspecified atom stereocenters. The predicted octanol–water partition coefficient (Wildman–Crippen LogP) is 4.34. The van der Waals surface area contributed by atoms with Crippen molar-refractivity contribution < 1.29 is 21.6 Å². The van der Waals surface area contributed by atoms with Crippen LogP contribution in [0.2, 0.25) is 0 Å². The van der Waals surface area contributed by atoms with Gasteiger partial charge < -0.3 is 5.32 Å². The summed E-state index contributed by atoms with van der Waals surface area (Å²) in [6.45, 7) is 8.65. The number of anilines is 2. The van der Waals surface area contributed by atoms with Crippen LogP contribution >= 0.6 is 0 Å². The molecule has 0 bridgehead atoms. The highest BCUT2D eigenvalue weighted by atomic mass is 32.2. The fourth-order valence-corrected chi connectivity index (χ4v) is 6.42. The lowest BCUT2D eigenvalue weighted by atomic mass is 9.65. The van der Waals surface area contributed by atoms with E-state index in [9.17, 15) is 21.6 Å². The molecule has 8 nitrogen and oxygen atoms in total. The molecule has 0 saturated carbocycles. The van der Waals surface area contributed by atoms with Crippen LogP contribution in [0.3, 0.4) is 0 Å². The Morgan fingerprint density at radius 1 is 1.11 bits per heavy atom. The van der Waals surface area contributed by atoms with Gasteiger partial charge in [0, 0.05) is 16.8 Å². The van der Waals surface area contributed by atoms with Crippen LogP contribution in [0.1, 0.15) is 62.9 Å². The maximum Gasteiger partial charge on any atom is 0.265 e. The molecule has 0 saturated heterocycles. The number of rotatable bonds is 4. The van der Waals surface area contributed by atoms with Crippen molar-refractivity contribution in [2.24, 2.45) is 5.41 Å². The number of nitrogens with one attached hydrogen (secondary N) is 3. The molecular formula is C25H31N3O5S2. The maximum atomic E-state index is 13.5. The normalized spacial score (nSPS) is 23.5. The molecule has 2 aliphatic rings. The van der Waals surface area contributed by atoms with E-state index in [1.807, 2.05) is 18.2 Å². The van der Waals surface area contributed by atoms with Gasteiger partial charge in [-0.05, 0) is 53.9 Å². The van der Waals surface area contributed by atoms with Crippen molar-refractivity contribution >= 4 is 37.2 Å². The Hall–Kier alpha value is -2.85. The average molecular weight is 518 g/mol. The molecule has 0 spiro atoms. The van der Waals surface area contributed by atoms with Crippen LogP contribution in [0, 0.1) is 5.41 Å². The molecule has 2 aromatic rings. The topological polar surface area (TPSA) is 121 Å². The lowest BCUT2D eigenvalue weighted by molar-refractivity contribution is 0.101. The summed E-state index contributed by atoms with van der Waals surface area (Å²) in [5.41, 5.74) is 2.10. The summed E-state index contributed by atoms with van der Waals surface area (Å²) in [5, 5.41) is 3.07. The molecule has 1 aliphatic heterocycles. The molecule has 0 fully saturated rings. The molecule has 0 amide bonds. The van der Waals surface area contributed by atoms with Gasteiger partial charge in [-0.3, -0.25) is 14.2 Å². The summed E-state index contributed by atoms with van der Waals surface area (Å²) in [6.07, 6.45) is 3.14. The molecule has 3 N–H and O–H groups in total. The van der Waals surface area contributed by atoms with Crippen LogP contribution in [0.25, 0.3) is 0 Å². The van der Waals surface area contributed by atoms with Crippen molar-refractivity contribution in [2.75, 3.05) is 16.3 Å². The van der Waals surface area contributed by atoms with E-state index >= 15 is 0 Å². The third-order valence-corrected chi connectivity index (χ3v) is 8.46. The first-order valence-corrected chi connectivity index (χ1v) is 14.7. The second-order valence-electron chi connectivity index (χ2n) is 10.8. The van der Waals surface area contributed by atoms with Gasteiger partial charge in [0.05, 0.1) is 11.9 Å². The van der Waals surface area contributed by atoms with Crippen molar-refractivity contribution in [3.63, 3.8) is 0 Å². The number of Topliss-reactive ketones (excluding diaryl/α,β-unsaturated/α-hetero) is 1. The second kappa shape index (κ2) is 8.37. The van der Waals surface area contributed by atoms with Gasteiger partial charge in [0.25, 0.3) is 10.0 Å². The Bertz CT molecular complexity index is 1450. The number of carbonyl (C=O) groups is 1. The molecule has 188 valence electrons. The minimum atomic E-state index is -4.05. The number of fused-ring (bicyclic) bond motifs is 2. The highest BCUT2D eigenvalue weighted by Crippen LogP contribution is 2.45. The van der Waals surface area contributed by atoms with Crippen molar-refractivity contribution in [1.82, 2.24) is 4.72 Å². The number of sulfonamides is 2. The summed E-state index contributed by atoms with van der Waals surface area (Å²) >= 11 is 0. The van der Waals surface area contributed by atoms with Crippen LogP contribution in [-0.4, -0.2) is 28.9 Å². The molecule has 1 heterocycles. The van der Waals surface area contributed by atoms with Gasteiger partial charge >= 0.3 is 0 Å². The van der Waals surface area contributed by atoms with E-state index in [0.29, 0.717) is 17.6 Å². The van der Waals surface area contributed by atoms with Gasteiger partial charge in [-0.1, -0.05) is 52.0 Å². The number of ketones is 1. The summed E-state index contributed by atoms with van der Waals surface area (Å²) in [4.78, 5) is 13.4. The van der Waals surface area contributed by atoms with Gasteiger partial charge in [-0.2, -0.15) is 0 Å². The third-order valence-electron chi connectivity index (χ3n) is 6.46. The Morgan fingerprint density at radius 2 is 1.80 bits per heavy atom. The Kier molecular flexibility index (Phi) is 6.04. The summed E-state index contributed by atoms with van der Waals surface area (Å²) in [6, 6.07) is 11.7. The van der Waals surface area contributed by atoms with E-state index < -0.39 is 20.0 Å². The molecule has 10 heteroatoms. The van der Waals surface area contributed by atoms with E-state index in [2.05, 4.69) is 42.5 Å². The van der Waals surface area contributed by atoms with E-state index in [0.717, 1.165) is 24.7 Å². The fraction of sp³-hybridized carbons (Fsp3) is 0.400. The standard InChI is InChI=1S/C25H31N3O5S2/c1-24(2,3)12-13-25(4)15-18(22(29)17-8-6-7-9-19(17)25)23-26-20-11-10-16(27-34(5,30)31)14-21(20)35(32,33)28-23/h6-11,14,26-28H,12-13,15H2,1-5H3/t25-/m0/s1. The molecule has 4 rings (SSSR count). The zero-order valence-corrected chi connectivity index (χ0v) is 22.2. The maximum absolute atomic E-state index is 13.5. The summed E-state index contributed by atoms with van der Waals surface area (Å²) in [7, 11) is -7.62. The van der Waals surface area contributed by atoms with Gasteiger partial charge in [0.1, 0.15) is 10.7 Å². The molecular weight excluding hydrogens is 486 g/mol. The highest BCUT2D eigenvalue weighted by Gasteiger charge is 2.41. The van der Waals surface area contributed by atoms with Gasteiger partial charge in [-0.15, -0.1) is 0 Å². The SMILES string of the molecule is CC(C)(C)CC[C@@]1(C)CC(=C2Nc3ccc(NS(C)(=O)=O)cc3S(=O)(=O)N2)C(=O)c2ccccc21. The Morgan fingerprint density at radius 3 is 2.46 bits per heavy atom. The van der Waals surface area contributed by atoms with Gasteiger partial charge in [0.15, 0.2) is 5.78 Å². The van der Waals surface area contributed by atoms with Crippen LogP contribution in [0.5, 0.6) is 0 Å². The lowest BCUT2D eigenvalue weighted by Gasteiger charge is -2.39. The third kappa shape index (κ3) is 5.23. The summed E-state index contributed by atoms with van der Waals surface area (Å²) in [5.74, 6) is -0.0688. The predicted molar refractivity (Wildman–Crippen MR) is 137 cm³/mol. The first-order chi connectivity index (χ1) is 16.1. The number of benzene rings is 2. The minimum Gasteiger partial charge on any atom is -0.340 e. The monoisotopic (exact) mass is 517 g/mol. The van der Waals surface area contributed by atoms with Gasteiger partial charge in [0.2, 0.25) is 10.0 Å². The summed E-state index contributed by atoms with van der Waals surface area (Å²) < 4.78 is 54.2. The average Bonchev–Trinajstić information content (AvgIpc) is 2.74. The van der Waals surface area contributed by atoms with Crippen molar-refractivity contribution in [1.29, 1.82) is 0 Å². The van der Waals surface area contributed by atoms with Crippen molar-refractivity contribution in [3.05, 3.63) is 65.0 Å². The van der Waals surface area contributed by atoms with Gasteiger partial charge in [-0.25, -0.2) is 16.8 Å². The van der Waals surface area contributed by atoms with E-state index in [1.54, 1.807) is 6.07 Å². The zero-order valence-electron chi connectivity index (χ0n) is 20.5. The van der Waals surface area contributed by atoms with Crippen LogP contribution in [-0.2, 0) is 25.5 Å². The molecule has 35 heavy (non-hydrogen) atoms. The minimum absolute atomic E-state index is 0.102. The smallest absolute Gasteiger partial charge is 0.265 e. The molecule has 0 radical (unpaired) electrons. The van der Waals surface area contributed by atoms with E-state index in [1.165, 1.54) is 18.2 Å². The molecule has 1 atom stereocenters. The largest absolute Gasteiger partial charge is 0.340 e. The lowest BCUT2D eigenvalue weighted by Crippen LogP contribution is -2.39. The van der Waals surface area contributed by atoms with Crippen molar-refractivity contribution in [2.45, 2.75) is 57.3 Å². The van der Waals surface area contributed by atoms with Crippen molar-refractivity contribution in [3.8, 4) is 0 Å². The number of carbonyl (C=O) groups excluding carboxylic acids is 1. The quantitative estimate of drug-likeness (QED) is 0.519. The van der Waals surface area contributed by atoms with Crippen LogP contribution in [0.15, 0.2) is 58.8 Å². The molecule has 1 aliphatic carbocycles. The second-order valence-corrected chi connectivity index (χ2v) is 14.2. The Balaban J connectivity index is 1.79. The fourth-order valence-electron chi connectivity index (χ4n) is 4.62. The number of hydrogen-bond acceptors (Lipinski definition) is 6. The highest BCUT2D eigenvalue weighted by molar-refractivity contribution is 7.92. The van der Waals surface area contributed by atoms with E-state index in [-0.39, 0.29) is 38.7 Å². The molecule has 2 aromatic carbocycles. The number of allylic oxidation sites excluding steroid dienone is 1. The van der Waals surface area contributed by atoms with Crippen LogP contribution < -0.4 is 14.8 Å². The Labute approximate surface area is 207 Å². The first kappa shape index (κ1) is 25.2. The first-order valence-electron chi connectivity index (χ1n) is 11.4.